The lowest BCUT2D eigenvalue weighted by Gasteiger charge is -2.17. The molecule has 78 valence electrons. The summed E-state index contributed by atoms with van der Waals surface area (Å²) in [5.41, 5.74) is 8.94. The van der Waals surface area contributed by atoms with E-state index in [2.05, 4.69) is 11.4 Å². The first-order valence-electron chi connectivity index (χ1n) is 5.35. The van der Waals surface area contributed by atoms with Gasteiger partial charge in [0.1, 0.15) is 0 Å². The average molecular weight is 202 g/mol. The first-order chi connectivity index (χ1) is 7.20. The van der Waals surface area contributed by atoms with Gasteiger partial charge in [0.15, 0.2) is 0 Å². The van der Waals surface area contributed by atoms with E-state index in [-0.39, 0.29) is 11.3 Å². The molecule has 3 heteroatoms. The zero-order chi connectivity index (χ0) is 10.5. The molecule has 3 N–H and O–H groups in total. The predicted octanol–water partition coefficient (Wildman–Crippen LogP) is 0.874. The maximum Gasteiger partial charge on any atom is 0.226 e. The van der Waals surface area contributed by atoms with Crippen LogP contribution < -0.4 is 11.1 Å². The molecule has 1 heterocycles. The predicted molar refractivity (Wildman–Crippen MR) is 58.3 cm³/mol. The summed E-state index contributed by atoms with van der Waals surface area (Å²) in [6, 6.07) is 5.99. The highest BCUT2D eigenvalue weighted by Gasteiger charge is 2.46. The highest BCUT2D eigenvalue weighted by Crippen LogP contribution is 2.42. The number of carbonyl (C=O) groups is 1. The SMILES string of the molecule is Nc1ccc2c(c1)CC1(CCNC1=O)C2. The first kappa shape index (κ1) is 8.77. The molecule has 3 rings (SSSR count). The van der Waals surface area contributed by atoms with Crippen molar-refractivity contribution in [2.45, 2.75) is 19.3 Å². The second-order valence-electron chi connectivity index (χ2n) is 4.67. The first-order valence-corrected chi connectivity index (χ1v) is 5.35. The lowest BCUT2D eigenvalue weighted by Crippen LogP contribution is -2.31. The summed E-state index contributed by atoms with van der Waals surface area (Å²) in [5, 5.41) is 2.93. The van der Waals surface area contributed by atoms with Crippen LogP contribution in [0.1, 0.15) is 17.5 Å². The van der Waals surface area contributed by atoms with E-state index in [0.717, 1.165) is 31.5 Å². The molecular formula is C12H14N2O. The van der Waals surface area contributed by atoms with E-state index in [0.29, 0.717) is 0 Å². The van der Waals surface area contributed by atoms with Gasteiger partial charge >= 0.3 is 0 Å². The maximum atomic E-state index is 11.8. The Labute approximate surface area is 88.7 Å². The van der Waals surface area contributed by atoms with Crippen molar-refractivity contribution in [1.29, 1.82) is 0 Å². The van der Waals surface area contributed by atoms with Crippen molar-refractivity contribution in [3.8, 4) is 0 Å². The van der Waals surface area contributed by atoms with Gasteiger partial charge in [-0.05, 0) is 42.5 Å². The molecule has 1 aliphatic carbocycles. The molecule has 1 aromatic rings. The number of fused-ring (bicyclic) bond motifs is 1. The summed E-state index contributed by atoms with van der Waals surface area (Å²) in [4.78, 5) is 11.8. The van der Waals surface area contributed by atoms with Gasteiger partial charge in [-0.1, -0.05) is 6.07 Å². The Balaban J connectivity index is 2.01. The second-order valence-corrected chi connectivity index (χ2v) is 4.67. The number of benzene rings is 1. The van der Waals surface area contributed by atoms with E-state index in [1.807, 2.05) is 12.1 Å². The zero-order valence-electron chi connectivity index (χ0n) is 8.55. The Bertz CT molecular complexity index is 441. The summed E-state index contributed by atoms with van der Waals surface area (Å²) < 4.78 is 0. The van der Waals surface area contributed by atoms with Crippen molar-refractivity contribution in [3.63, 3.8) is 0 Å². The molecule has 0 aromatic heterocycles. The smallest absolute Gasteiger partial charge is 0.226 e. The van der Waals surface area contributed by atoms with Crippen LogP contribution in [0.25, 0.3) is 0 Å². The number of nitrogens with one attached hydrogen (secondary N) is 1. The molecule has 1 fully saturated rings. The highest BCUT2D eigenvalue weighted by atomic mass is 16.2. The van der Waals surface area contributed by atoms with E-state index in [9.17, 15) is 4.79 Å². The number of rotatable bonds is 0. The fraction of sp³-hybridized carbons (Fsp3) is 0.417. The summed E-state index contributed by atoms with van der Waals surface area (Å²) in [5.74, 6) is 0.220. The number of hydrogen-bond acceptors (Lipinski definition) is 2. The third-order valence-electron chi connectivity index (χ3n) is 3.66. The fourth-order valence-corrected chi connectivity index (χ4v) is 2.83. The van der Waals surface area contributed by atoms with E-state index in [1.165, 1.54) is 11.1 Å². The molecule has 1 unspecified atom stereocenters. The minimum atomic E-state index is -0.157. The number of nitrogen functional groups attached to an aromatic ring is 1. The van der Waals surface area contributed by atoms with Crippen LogP contribution in [0.3, 0.4) is 0 Å². The number of hydrogen-bond donors (Lipinski definition) is 2. The quantitative estimate of drug-likeness (QED) is 0.613. The van der Waals surface area contributed by atoms with Crippen LogP contribution in [-0.4, -0.2) is 12.5 Å². The Morgan fingerprint density at radius 2 is 2.07 bits per heavy atom. The molecule has 1 aliphatic heterocycles. The highest BCUT2D eigenvalue weighted by molar-refractivity contribution is 5.86. The Morgan fingerprint density at radius 3 is 2.80 bits per heavy atom. The molecule has 0 radical (unpaired) electrons. The van der Waals surface area contributed by atoms with E-state index >= 15 is 0 Å². The van der Waals surface area contributed by atoms with Crippen molar-refractivity contribution >= 4 is 11.6 Å². The molecule has 2 aliphatic rings. The van der Waals surface area contributed by atoms with Gasteiger partial charge in [-0.25, -0.2) is 0 Å². The van der Waals surface area contributed by atoms with Crippen molar-refractivity contribution < 1.29 is 4.79 Å². The van der Waals surface area contributed by atoms with Crippen molar-refractivity contribution in [3.05, 3.63) is 29.3 Å². The molecule has 1 spiro atoms. The lowest BCUT2D eigenvalue weighted by atomic mass is 9.83. The summed E-state index contributed by atoms with van der Waals surface area (Å²) >= 11 is 0. The molecular weight excluding hydrogens is 188 g/mol. The summed E-state index contributed by atoms with van der Waals surface area (Å²) in [7, 11) is 0. The number of anilines is 1. The van der Waals surface area contributed by atoms with Crippen LogP contribution in [0.15, 0.2) is 18.2 Å². The van der Waals surface area contributed by atoms with Crippen LogP contribution in [0, 0.1) is 5.41 Å². The average Bonchev–Trinajstić information content (AvgIpc) is 2.71. The van der Waals surface area contributed by atoms with Crippen molar-refractivity contribution in [2.24, 2.45) is 5.41 Å². The van der Waals surface area contributed by atoms with Crippen LogP contribution in [-0.2, 0) is 17.6 Å². The Kier molecular flexibility index (Phi) is 1.61. The minimum Gasteiger partial charge on any atom is -0.399 e. The van der Waals surface area contributed by atoms with Gasteiger partial charge in [0, 0.05) is 12.2 Å². The van der Waals surface area contributed by atoms with Gasteiger partial charge in [-0.2, -0.15) is 0 Å². The van der Waals surface area contributed by atoms with Crippen molar-refractivity contribution in [1.82, 2.24) is 5.32 Å². The summed E-state index contributed by atoms with van der Waals surface area (Å²) in [6.45, 7) is 0.822. The van der Waals surface area contributed by atoms with Crippen LogP contribution >= 0.6 is 0 Å². The third kappa shape index (κ3) is 1.16. The number of carbonyl (C=O) groups excluding carboxylic acids is 1. The molecule has 1 aromatic carbocycles. The lowest BCUT2D eigenvalue weighted by molar-refractivity contribution is -0.127. The molecule has 1 amide bonds. The summed E-state index contributed by atoms with van der Waals surface area (Å²) in [6.07, 6.45) is 2.70. The van der Waals surface area contributed by atoms with E-state index < -0.39 is 0 Å². The second kappa shape index (κ2) is 2.75. The third-order valence-corrected chi connectivity index (χ3v) is 3.66. The molecule has 15 heavy (non-hydrogen) atoms. The topological polar surface area (TPSA) is 55.1 Å². The Hall–Kier alpha value is -1.51. The van der Waals surface area contributed by atoms with E-state index in [4.69, 9.17) is 5.73 Å². The minimum absolute atomic E-state index is 0.157. The fourth-order valence-electron chi connectivity index (χ4n) is 2.83. The van der Waals surface area contributed by atoms with Crippen LogP contribution in [0.2, 0.25) is 0 Å². The largest absolute Gasteiger partial charge is 0.399 e. The van der Waals surface area contributed by atoms with Gasteiger partial charge in [-0.3, -0.25) is 4.79 Å². The zero-order valence-corrected chi connectivity index (χ0v) is 8.55. The van der Waals surface area contributed by atoms with Crippen LogP contribution in [0.5, 0.6) is 0 Å². The van der Waals surface area contributed by atoms with Gasteiger partial charge in [0.2, 0.25) is 5.91 Å². The monoisotopic (exact) mass is 202 g/mol. The molecule has 0 bridgehead atoms. The number of nitrogens with two attached hydrogens (primary N) is 1. The molecule has 0 saturated carbocycles. The van der Waals surface area contributed by atoms with Gasteiger partial charge in [0.25, 0.3) is 0 Å². The van der Waals surface area contributed by atoms with Crippen LogP contribution in [0.4, 0.5) is 5.69 Å². The molecule has 1 atom stereocenters. The number of amides is 1. The Morgan fingerprint density at radius 1 is 1.27 bits per heavy atom. The molecule has 3 nitrogen and oxygen atoms in total. The normalized spacial score (nSPS) is 28.1. The van der Waals surface area contributed by atoms with Gasteiger partial charge in [-0.15, -0.1) is 0 Å². The maximum absolute atomic E-state index is 11.8. The van der Waals surface area contributed by atoms with Gasteiger partial charge in [0.05, 0.1) is 5.41 Å². The molecule has 1 saturated heterocycles. The van der Waals surface area contributed by atoms with Crippen molar-refractivity contribution in [2.75, 3.05) is 12.3 Å². The van der Waals surface area contributed by atoms with Gasteiger partial charge < -0.3 is 11.1 Å². The van der Waals surface area contributed by atoms with E-state index in [1.54, 1.807) is 0 Å². The standard InChI is InChI=1S/C12H14N2O/c13-10-2-1-8-6-12(7-9(8)5-10)3-4-14-11(12)15/h1-2,5H,3-4,6-7,13H2,(H,14,15).